The highest BCUT2D eigenvalue weighted by Gasteiger charge is 2.30. The lowest BCUT2D eigenvalue weighted by Crippen LogP contribution is -2.16. The van der Waals surface area contributed by atoms with E-state index in [-0.39, 0.29) is 18.9 Å². The Morgan fingerprint density at radius 2 is 1.91 bits per heavy atom. The highest BCUT2D eigenvalue weighted by atomic mass is 19.4. The molecule has 1 amide bonds. The molecule has 0 radical (unpaired) electrons. The third-order valence-corrected chi connectivity index (χ3v) is 5.06. The van der Waals surface area contributed by atoms with Crippen LogP contribution >= 0.6 is 0 Å². The number of carbonyl (C=O) groups excluding carboxylic acids is 1. The number of halogens is 3. The van der Waals surface area contributed by atoms with Crippen molar-refractivity contribution in [1.82, 2.24) is 34.3 Å². The van der Waals surface area contributed by atoms with E-state index in [1.165, 1.54) is 38.7 Å². The summed E-state index contributed by atoms with van der Waals surface area (Å²) < 4.78 is 43.1. The van der Waals surface area contributed by atoms with Crippen LogP contribution in [-0.4, -0.2) is 45.2 Å². The molecule has 35 heavy (non-hydrogen) atoms. The van der Waals surface area contributed by atoms with E-state index in [4.69, 9.17) is 0 Å². The van der Waals surface area contributed by atoms with Gasteiger partial charge in [-0.3, -0.25) is 9.48 Å². The molecule has 0 aliphatic rings. The fourth-order valence-electron chi connectivity index (χ4n) is 3.37. The molecular formula is C20H18F3N9O3. The van der Waals surface area contributed by atoms with Crippen molar-refractivity contribution in [2.45, 2.75) is 33.2 Å². The van der Waals surface area contributed by atoms with E-state index >= 15 is 0 Å². The van der Waals surface area contributed by atoms with Crippen LogP contribution in [0.2, 0.25) is 0 Å². The largest absolute Gasteiger partial charge is 0.491 e. The first-order chi connectivity index (χ1) is 16.5. The Kier molecular flexibility index (Phi) is 6.07. The number of rotatable bonds is 7. The quantitative estimate of drug-likeness (QED) is 0.311. The van der Waals surface area contributed by atoms with Crippen LogP contribution in [-0.2, 0) is 19.4 Å². The zero-order valence-electron chi connectivity index (χ0n) is 18.4. The Bertz CT molecular complexity index is 1400. The van der Waals surface area contributed by atoms with Gasteiger partial charge >= 0.3 is 12.1 Å². The molecule has 0 saturated carbocycles. The van der Waals surface area contributed by atoms with E-state index in [0.717, 1.165) is 12.1 Å². The van der Waals surface area contributed by atoms with Crippen LogP contribution in [0, 0.1) is 24.0 Å². The first-order valence-corrected chi connectivity index (χ1v) is 10.1. The molecule has 4 aromatic rings. The number of amides is 1. The predicted octanol–water partition coefficient (Wildman–Crippen LogP) is 3.02. The second kappa shape index (κ2) is 9.00. The van der Waals surface area contributed by atoms with Gasteiger partial charge in [-0.1, -0.05) is 17.1 Å². The molecule has 3 heterocycles. The number of hydrogen-bond acceptors (Lipinski definition) is 7. The molecule has 3 aromatic heterocycles. The molecule has 4 rings (SSSR count). The van der Waals surface area contributed by atoms with Crippen molar-refractivity contribution in [3.8, 4) is 0 Å². The number of alkyl halides is 3. The van der Waals surface area contributed by atoms with E-state index in [2.05, 4.69) is 25.6 Å². The van der Waals surface area contributed by atoms with Crippen LogP contribution < -0.4 is 5.32 Å². The summed E-state index contributed by atoms with van der Waals surface area (Å²) >= 11 is 0. The number of carbonyl (C=O) groups is 1. The molecule has 0 spiro atoms. The summed E-state index contributed by atoms with van der Waals surface area (Å²) in [6, 6.07) is 6.42. The lowest BCUT2D eigenvalue weighted by molar-refractivity contribution is -0.394. The Morgan fingerprint density at radius 1 is 1.14 bits per heavy atom. The summed E-state index contributed by atoms with van der Waals surface area (Å²) in [5.41, 5.74) is 1.20. The summed E-state index contributed by atoms with van der Waals surface area (Å²) in [6.45, 7) is 3.45. The van der Waals surface area contributed by atoms with Crippen molar-refractivity contribution in [2.75, 3.05) is 5.32 Å². The Morgan fingerprint density at radius 3 is 2.60 bits per heavy atom. The molecule has 0 aliphatic heterocycles. The molecule has 0 atom stereocenters. The molecule has 0 aliphatic carbocycles. The Balaban J connectivity index is 1.46. The Hall–Kier alpha value is -4.56. The summed E-state index contributed by atoms with van der Waals surface area (Å²) in [4.78, 5) is 26.2. The molecule has 12 nitrogen and oxygen atoms in total. The van der Waals surface area contributed by atoms with Crippen LogP contribution in [0.25, 0.3) is 0 Å². The Labute approximate surface area is 195 Å². The van der Waals surface area contributed by atoms with E-state index in [1.807, 2.05) is 0 Å². The van der Waals surface area contributed by atoms with Gasteiger partial charge in [0.25, 0.3) is 5.91 Å². The average Bonchev–Trinajstić information content (AvgIpc) is 3.51. The fraction of sp³-hybridized carbons (Fsp3) is 0.250. The summed E-state index contributed by atoms with van der Waals surface area (Å²) in [5, 5.41) is 25.6. The minimum absolute atomic E-state index is 0.00109. The number of aryl methyl sites for hydroxylation is 1. The highest BCUT2D eigenvalue weighted by Crippen LogP contribution is 2.30. The predicted molar refractivity (Wildman–Crippen MR) is 115 cm³/mol. The van der Waals surface area contributed by atoms with Crippen LogP contribution in [0.15, 0.2) is 42.9 Å². The lowest BCUT2D eigenvalue weighted by Gasteiger charge is -2.10. The van der Waals surface area contributed by atoms with Crippen molar-refractivity contribution in [3.05, 3.63) is 81.2 Å². The zero-order valence-corrected chi connectivity index (χ0v) is 18.4. The van der Waals surface area contributed by atoms with Crippen LogP contribution in [0.4, 0.5) is 24.8 Å². The van der Waals surface area contributed by atoms with Crippen molar-refractivity contribution < 1.29 is 22.9 Å². The topological polar surface area (TPSA) is 139 Å². The minimum atomic E-state index is -4.45. The van der Waals surface area contributed by atoms with Gasteiger partial charge in [0.2, 0.25) is 6.33 Å². The maximum Gasteiger partial charge on any atom is 0.491 e. The van der Waals surface area contributed by atoms with E-state index < -0.39 is 28.5 Å². The molecular weight excluding hydrogens is 471 g/mol. The van der Waals surface area contributed by atoms with Crippen molar-refractivity contribution in [3.63, 3.8) is 0 Å². The van der Waals surface area contributed by atoms with Gasteiger partial charge in [-0.25, -0.2) is 4.68 Å². The van der Waals surface area contributed by atoms with Crippen LogP contribution in [0.1, 0.15) is 33.0 Å². The number of hydrogen-bond donors (Lipinski definition) is 1. The molecule has 0 bridgehead atoms. The molecule has 0 saturated heterocycles. The third-order valence-electron chi connectivity index (χ3n) is 5.06. The lowest BCUT2D eigenvalue weighted by atomic mass is 10.1. The minimum Gasteiger partial charge on any atom is -0.390 e. The smallest absolute Gasteiger partial charge is 0.390 e. The SMILES string of the molecule is Cc1nn(Cc2cccc(C(F)(F)F)c2)c(C)c1NC(=O)c1ccn(Cn2cnc([N+](=O)[O-])n2)n1. The number of aromatic nitrogens is 7. The molecule has 182 valence electrons. The summed E-state index contributed by atoms with van der Waals surface area (Å²) in [6.07, 6.45) is -1.78. The van der Waals surface area contributed by atoms with Crippen LogP contribution in [0.5, 0.6) is 0 Å². The number of anilines is 1. The maximum atomic E-state index is 13.0. The van der Waals surface area contributed by atoms with E-state index in [1.54, 1.807) is 19.9 Å². The number of benzene rings is 1. The summed E-state index contributed by atoms with van der Waals surface area (Å²) in [7, 11) is 0. The monoisotopic (exact) mass is 489 g/mol. The van der Waals surface area contributed by atoms with Gasteiger partial charge in [0.05, 0.1) is 29.2 Å². The van der Waals surface area contributed by atoms with Crippen LogP contribution in [0.3, 0.4) is 0 Å². The molecule has 0 unspecified atom stereocenters. The first kappa shape index (κ1) is 23.6. The van der Waals surface area contributed by atoms with Gasteiger partial charge in [-0.15, -0.1) is 0 Å². The van der Waals surface area contributed by atoms with Gasteiger partial charge in [0, 0.05) is 11.3 Å². The molecule has 1 aromatic carbocycles. The molecule has 0 fully saturated rings. The number of nitrogens with one attached hydrogen (secondary N) is 1. The first-order valence-electron chi connectivity index (χ1n) is 10.1. The maximum absolute atomic E-state index is 13.0. The molecule has 1 N–H and O–H groups in total. The normalized spacial score (nSPS) is 11.6. The highest BCUT2D eigenvalue weighted by molar-refractivity contribution is 6.03. The van der Waals surface area contributed by atoms with Crippen molar-refractivity contribution in [1.29, 1.82) is 0 Å². The van der Waals surface area contributed by atoms with Gasteiger partial charge in [-0.2, -0.15) is 28.1 Å². The third kappa shape index (κ3) is 5.18. The van der Waals surface area contributed by atoms with Crippen molar-refractivity contribution in [2.24, 2.45) is 0 Å². The zero-order chi connectivity index (χ0) is 25.3. The molecule has 15 heteroatoms. The van der Waals surface area contributed by atoms with Gasteiger partial charge in [-0.05, 0) is 42.5 Å². The average molecular weight is 489 g/mol. The standard InChI is InChI=1S/C20H18F3N9O3/c1-12-17(13(2)31(26-12)9-14-4-3-5-15(8-14)20(21,22)23)25-18(33)16-6-7-29(27-16)11-30-10-24-19(28-30)32(34)35/h3-8,10H,9,11H2,1-2H3,(H,25,33). The second-order valence-electron chi connectivity index (χ2n) is 7.58. The van der Waals surface area contributed by atoms with Gasteiger partial charge in [0.15, 0.2) is 12.4 Å². The van der Waals surface area contributed by atoms with Crippen molar-refractivity contribution >= 4 is 17.5 Å². The van der Waals surface area contributed by atoms with Gasteiger partial charge < -0.3 is 15.4 Å². The van der Waals surface area contributed by atoms with Gasteiger partial charge in [0.1, 0.15) is 0 Å². The second-order valence-corrected chi connectivity index (χ2v) is 7.58. The van der Waals surface area contributed by atoms with E-state index in [0.29, 0.717) is 22.6 Å². The number of nitrogens with zero attached hydrogens (tertiary/aromatic N) is 8. The summed E-state index contributed by atoms with van der Waals surface area (Å²) in [5.74, 6) is -1.08. The van der Waals surface area contributed by atoms with E-state index in [9.17, 15) is 28.1 Å². The number of nitro groups is 1. The fourth-order valence-corrected chi connectivity index (χ4v) is 3.37.